The standard InChI is InChI=1S/C30H31ClN4O3S/c1-20-14-15-26(17-28(20)31)34(39(37,38)27-12-7-6-8-13-27)19-29(36)33-32-18-25-16-23(4)35(24(25)5)30-21(2)10-9-11-22(30)3/h6-18H,19H2,1-5H3,(H,33,36)/b32-18-. The molecule has 1 aromatic heterocycles. The van der Waals surface area contributed by atoms with E-state index in [-0.39, 0.29) is 10.6 Å². The summed E-state index contributed by atoms with van der Waals surface area (Å²) in [6.07, 6.45) is 1.57. The number of nitrogens with one attached hydrogen (secondary N) is 1. The summed E-state index contributed by atoms with van der Waals surface area (Å²) in [5.74, 6) is -0.592. The minimum absolute atomic E-state index is 0.0666. The van der Waals surface area contributed by atoms with Crippen LogP contribution in [0, 0.1) is 34.6 Å². The Morgan fingerprint density at radius 1 is 0.923 bits per heavy atom. The zero-order valence-electron chi connectivity index (χ0n) is 22.6. The number of hydrogen-bond donors (Lipinski definition) is 1. The van der Waals surface area contributed by atoms with Gasteiger partial charge in [-0.05, 0) is 81.6 Å². The Kier molecular flexibility index (Phi) is 8.28. The summed E-state index contributed by atoms with van der Waals surface area (Å²) in [7, 11) is -4.05. The number of carbonyl (C=O) groups excluding carboxylic acids is 1. The van der Waals surface area contributed by atoms with Gasteiger partial charge < -0.3 is 4.57 Å². The third-order valence-electron chi connectivity index (χ3n) is 6.59. The number of rotatable bonds is 8. The number of benzene rings is 3. The molecule has 0 radical (unpaired) electrons. The molecule has 1 N–H and O–H groups in total. The van der Waals surface area contributed by atoms with Crippen LogP contribution in [0.1, 0.15) is 33.6 Å². The average molecular weight is 563 g/mol. The molecule has 4 aromatic rings. The van der Waals surface area contributed by atoms with Crippen molar-refractivity contribution in [2.45, 2.75) is 39.5 Å². The van der Waals surface area contributed by atoms with E-state index in [1.165, 1.54) is 18.2 Å². The molecule has 3 aromatic carbocycles. The average Bonchev–Trinajstić information content (AvgIpc) is 3.17. The van der Waals surface area contributed by atoms with Crippen molar-refractivity contribution in [3.05, 3.63) is 111 Å². The van der Waals surface area contributed by atoms with Gasteiger partial charge in [-0.25, -0.2) is 13.8 Å². The first kappa shape index (κ1) is 28.1. The van der Waals surface area contributed by atoms with Crippen LogP contribution < -0.4 is 9.73 Å². The normalized spacial score (nSPS) is 11.6. The largest absolute Gasteiger partial charge is 0.317 e. The van der Waals surface area contributed by atoms with Gasteiger partial charge in [0.1, 0.15) is 6.54 Å². The van der Waals surface area contributed by atoms with E-state index < -0.39 is 22.5 Å². The minimum Gasteiger partial charge on any atom is -0.317 e. The van der Waals surface area contributed by atoms with Crippen LogP contribution in [-0.4, -0.2) is 31.7 Å². The van der Waals surface area contributed by atoms with Crippen molar-refractivity contribution in [1.29, 1.82) is 0 Å². The van der Waals surface area contributed by atoms with Crippen molar-refractivity contribution in [3.8, 4) is 5.69 Å². The molecule has 0 bridgehead atoms. The Morgan fingerprint density at radius 3 is 2.23 bits per heavy atom. The van der Waals surface area contributed by atoms with Crippen molar-refractivity contribution < 1.29 is 13.2 Å². The number of carbonyl (C=O) groups is 1. The molecule has 0 atom stereocenters. The van der Waals surface area contributed by atoms with Gasteiger partial charge in [0.05, 0.1) is 22.5 Å². The number of amides is 1. The summed E-state index contributed by atoms with van der Waals surface area (Å²) < 4.78 is 30.2. The molecule has 0 saturated heterocycles. The number of para-hydroxylation sites is 1. The summed E-state index contributed by atoms with van der Waals surface area (Å²) in [5.41, 5.74) is 9.85. The lowest BCUT2D eigenvalue weighted by Gasteiger charge is -2.24. The molecule has 0 saturated carbocycles. The van der Waals surface area contributed by atoms with Crippen LogP contribution in [0.25, 0.3) is 5.69 Å². The van der Waals surface area contributed by atoms with Gasteiger partial charge in [0.2, 0.25) is 0 Å². The van der Waals surface area contributed by atoms with Crippen molar-refractivity contribution in [2.75, 3.05) is 10.8 Å². The third kappa shape index (κ3) is 5.92. The van der Waals surface area contributed by atoms with E-state index in [1.807, 2.05) is 32.9 Å². The van der Waals surface area contributed by atoms with Gasteiger partial charge >= 0.3 is 0 Å². The summed E-state index contributed by atoms with van der Waals surface area (Å²) in [5, 5.41) is 4.54. The molecule has 0 aliphatic heterocycles. The van der Waals surface area contributed by atoms with Crippen LogP contribution in [0.3, 0.4) is 0 Å². The Morgan fingerprint density at radius 2 is 1.59 bits per heavy atom. The highest BCUT2D eigenvalue weighted by Gasteiger charge is 2.27. The summed E-state index contributed by atoms with van der Waals surface area (Å²) >= 11 is 6.29. The fourth-order valence-corrected chi connectivity index (χ4v) is 6.14. The van der Waals surface area contributed by atoms with E-state index >= 15 is 0 Å². The quantitative estimate of drug-likeness (QED) is 0.210. The van der Waals surface area contributed by atoms with Gasteiger partial charge in [-0.2, -0.15) is 5.10 Å². The van der Waals surface area contributed by atoms with Crippen LogP contribution in [-0.2, 0) is 14.8 Å². The highest BCUT2D eigenvalue weighted by atomic mass is 35.5. The zero-order valence-corrected chi connectivity index (χ0v) is 24.1. The number of aryl methyl sites for hydroxylation is 4. The molecule has 7 nitrogen and oxygen atoms in total. The molecular formula is C30H31ClN4O3S. The van der Waals surface area contributed by atoms with Gasteiger partial charge in [-0.15, -0.1) is 0 Å². The van der Waals surface area contributed by atoms with Crippen LogP contribution >= 0.6 is 11.6 Å². The second-order valence-corrected chi connectivity index (χ2v) is 11.7. The SMILES string of the molecule is Cc1ccc(N(CC(=O)N/N=C\c2cc(C)n(-c3c(C)cccc3C)c2C)S(=O)(=O)c2ccccc2)cc1Cl. The van der Waals surface area contributed by atoms with Gasteiger partial charge in [0, 0.05) is 22.0 Å². The lowest BCUT2D eigenvalue weighted by Crippen LogP contribution is -2.39. The Labute approximate surface area is 234 Å². The third-order valence-corrected chi connectivity index (χ3v) is 8.78. The van der Waals surface area contributed by atoms with E-state index in [9.17, 15) is 13.2 Å². The fraction of sp³-hybridized carbons (Fsp3) is 0.200. The first-order valence-corrected chi connectivity index (χ1v) is 14.2. The van der Waals surface area contributed by atoms with E-state index in [2.05, 4.69) is 41.1 Å². The maximum atomic E-state index is 13.5. The minimum atomic E-state index is -4.05. The van der Waals surface area contributed by atoms with Gasteiger partial charge in [-0.1, -0.05) is 54.1 Å². The van der Waals surface area contributed by atoms with Crippen LogP contribution in [0.2, 0.25) is 5.02 Å². The molecule has 0 spiro atoms. The molecule has 0 fully saturated rings. The molecule has 4 rings (SSSR count). The lowest BCUT2D eigenvalue weighted by molar-refractivity contribution is -0.119. The Balaban J connectivity index is 1.58. The second kappa shape index (κ2) is 11.5. The molecule has 1 amide bonds. The maximum Gasteiger partial charge on any atom is 0.264 e. The van der Waals surface area contributed by atoms with E-state index in [0.29, 0.717) is 5.02 Å². The first-order valence-electron chi connectivity index (χ1n) is 12.4. The van der Waals surface area contributed by atoms with Crippen LogP contribution in [0.4, 0.5) is 5.69 Å². The maximum absolute atomic E-state index is 13.5. The number of hydrazone groups is 1. The molecular weight excluding hydrogens is 532 g/mol. The summed E-state index contributed by atoms with van der Waals surface area (Å²) in [6, 6.07) is 21.0. The predicted molar refractivity (Wildman–Crippen MR) is 158 cm³/mol. The van der Waals surface area contributed by atoms with E-state index in [4.69, 9.17) is 11.6 Å². The number of halogens is 1. The smallest absolute Gasteiger partial charge is 0.264 e. The van der Waals surface area contributed by atoms with E-state index in [1.54, 1.807) is 36.5 Å². The number of sulfonamides is 1. The van der Waals surface area contributed by atoms with Crippen molar-refractivity contribution in [2.24, 2.45) is 5.10 Å². The van der Waals surface area contributed by atoms with Gasteiger partial charge in [0.15, 0.2) is 0 Å². The monoisotopic (exact) mass is 562 g/mol. The van der Waals surface area contributed by atoms with E-state index in [0.717, 1.165) is 43.6 Å². The first-order chi connectivity index (χ1) is 18.5. The molecule has 39 heavy (non-hydrogen) atoms. The number of hydrogen-bond acceptors (Lipinski definition) is 4. The van der Waals surface area contributed by atoms with Gasteiger partial charge in [0.25, 0.3) is 15.9 Å². The fourth-order valence-electron chi connectivity index (χ4n) is 4.53. The Bertz CT molecular complexity index is 1640. The molecule has 9 heteroatoms. The van der Waals surface area contributed by atoms with Crippen molar-refractivity contribution in [3.63, 3.8) is 0 Å². The molecule has 202 valence electrons. The molecule has 0 unspecified atom stereocenters. The zero-order chi connectivity index (χ0) is 28.3. The second-order valence-electron chi connectivity index (χ2n) is 9.45. The molecule has 0 aliphatic rings. The van der Waals surface area contributed by atoms with Gasteiger partial charge in [-0.3, -0.25) is 9.10 Å². The summed E-state index contributed by atoms with van der Waals surface area (Å²) in [4.78, 5) is 13.0. The topological polar surface area (TPSA) is 83.8 Å². The predicted octanol–water partition coefficient (Wildman–Crippen LogP) is 6.02. The highest BCUT2D eigenvalue weighted by molar-refractivity contribution is 7.92. The number of aromatic nitrogens is 1. The van der Waals surface area contributed by atoms with Crippen LogP contribution in [0.5, 0.6) is 0 Å². The lowest BCUT2D eigenvalue weighted by atomic mass is 10.1. The molecule has 0 aliphatic carbocycles. The number of anilines is 1. The Hall–Kier alpha value is -3.88. The van der Waals surface area contributed by atoms with Crippen LogP contribution in [0.15, 0.2) is 82.8 Å². The van der Waals surface area contributed by atoms with Crippen molar-refractivity contribution >= 4 is 39.4 Å². The highest BCUT2D eigenvalue weighted by Crippen LogP contribution is 2.28. The number of nitrogens with zero attached hydrogens (tertiary/aromatic N) is 3. The molecule has 1 heterocycles. The van der Waals surface area contributed by atoms with Crippen molar-refractivity contribution in [1.82, 2.24) is 9.99 Å². The summed E-state index contributed by atoms with van der Waals surface area (Å²) in [6.45, 7) is 9.51.